The molecule has 0 unspecified atom stereocenters. The number of aromatic nitrogens is 3. The van der Waals surface area contributed by atoms with Crippen LogP contribution in [0.3, 0.4) is 0 Å². The molecule has 0 aliphatic heterocycles. The fourth-order valence-corrected chi connectivity index (χ4v) is 2.54. The van der Waals surface area contributed by atoms with E-state index >= 15 is 0 Å². The zero-order valence-electron chi connectivity index (χ0n) is 13.2. The second-order valence-electron chi connectivity index (χ2n) is 5.50. The summed E-state index contributed by atoms with van der Waals surface area (Å²) in [5, 5.41) is 7.64. The monoisotopic (exact) mass is 340 g/mol. The van der Waals surface area contributed by atoms with Crippen LogP contribution in [0.1, 0.15) is 24.1 Å². The lowest BCUT2D eigenvalue weighted by molar-refractivity contribution is -0.121. The molecule has 1 aromatic carbocycles. The van der Waals surface area contributed by atoms with Gasteiger partial charge >= 0.3 is 0 Å². The molecule has 0 radical (unpaired) electrons. The van der Waals surface area contributed by atoms with Gasteiger partial charge in [-0.2, -0.15) is 5.10 Å². The predicted octanol–water partition coefficient (Wildman–Crippen LogP) is 3.34. The Morgan fingerprint density at radius 1 is 1.29 bits per heavy atom. The fraction of sp³-hybridized carbons (Fsp3) is 0.167. The van der Waals surface area contributed by atoms with Gasteiger partial charge in [0, 0.05) is 18.6 Å². The summed E-state index contributed by atoms with van der Waals surface area (Å²) in [6, 6.07) is 13.2. The summed E-state index contributed by atoms with van der Waals surface area (Å²) in [6.07, 6.45) is 5.51. The summed E-state index contributed by atoms with van der Waals surface area (Å²) in [6.45, 7) is 1.96. The third-order valence-corrected chi connectivity index (χ3v) is 3.89. The predicted molar refractivity (Wildman–Crippen MR) is 93.1 cm³/mol. The van der Waals surface area contributed by atoms with Crippen LogP contribution in [0.2, 0.25) is 5.15 Å². The van der Waals surface area contributed by atoms with Crippen molar-refractivity contribution in [3.63, 3.8) is 0 Å². The quantitative estimate of drug-likeness (QED) is 0.725. The van der Waals surface area contributed by atoms with Crippen LogP contribution < -0.4 is 5.32 Å². The van der Waals surface area contributed by atoms with Gasteiger partial charge in [0.15, 0.2) is 0 Å². The number of halogens is 1. The van der Waals surface area contributed by atoms with Gasteiger partial charge in [-0.15, -0.1) is 0 Å². The Hall–Kier alpha value is -2.66. The van der Waals surface area contributed by atoms with Crippen LogP contribution in [0.4, 0.5) is 0 Å². The maximum atomic E-state index is 12.2. The maximum absolute atomic E-state index is 12.2. The molecular weight excluding hydrogens is 324 g/mol. The van der Waals surface area contributed by atoms with Crippen molar-refractivity contribution < 1.29 is 4.79 Å². The van der Waals surface area contributed by atoms with Crippen LogP contribution in [-0.4, -0.2) is 20.7 Å². The van der Waals surface area contributed by atoms with E-state index in [2.05, 4.69) is 15.4 Å². The molecule has 2 aromatic heterocycles. The number of hydrogen-bond acceptors (Lipinski definition) is 3. The Morgan fingerprint density at radius 3 is 2.88 bits per heavy atom. The van der Waals surface area contributed by atoms with Crippen LogP contribution in [0.25, 0.3) is 5.69 Å². The van der Waals surface area contributed by atoms with Crippen molar-refractivity contribution in [3.8, 4) is 5.69 Å². The number of amides is 1. The van der Waals surface area contributed by atoms with Gasteiger partial charge < -0.3 is 5.32 Å². The van der Waals surface area contributed by atoms with Crippen LogP contribution in [0.5, 0.6) is 0 Å². The second kappa shape index (κ2) is 7.27. The first-order valence-electron chi connectivity index (χ1n) is 7.61. The topological polar surface area (TPSA) is 59.8 Å². The van der Waals surface area contributed by atoms with Gasteiger partial charge in [-0.1, -0.05) is 29.8 Å². The van der Waals surface area contributed by atoms with Crippen LogP contribution in [-0.2, 0) is 11.2 Å². The number of carbonyl (C=O) groups is 1. The Kier molecular flexibility index (Phi) is 4.91. The highest BCUT2D eigenvalue weighted by molar-refractivity contribution is 6.29. The van der Waals surface area contributed by atoms with Gasteiger partial charge in [-0.05, 0) is 42.3 Å². The van der Waals surface area contributed by atoms with Crippen LogP contribution in [0.15, 0.2) is 61.1 Å². The number of carbonyl (C=O) groups excluding carboxylic acids is 1. The van der Waals surface area contributed by atoms with Crippen molar-refractivity contribution in [2.45, 2.75) is 19.4 Å². The molecule has 0 saturated heterocycles. The van der Waals surface area contributed by atoms with E-state index in [9.17, 15) is 4.79 Å². The average molecular weight is 341 g/mol. The first kappa shape index (κ1) is 16.2. The Balaban J connectivity index is 1.66. The molecule has 2 heterocycles. The molecule has 0 bridgehead atoms. The summed E-state index contributed by atoms with van der Waals surface area (Å²) >= 11 is 5.75. The highest BCUT2D eigenvalue weighted by atomic mass is 35.5. The van der Waals surface area contributed by atoms with Gasteiger partial charge in [-0.25, -0.2) is 9.67 Å². The highest BCUT2D eigenvalue weighted by Gasteiger charge is 2.11. The highest BCUT2D eigenvalue weighted by Crippen LogP contribution is 2.17. The first-order valence-corrected chi connectivity index (χ1v) is 7.99. The molecule has 0 aliphatic rings. The smallest absolute Gasteiger partial charge is 0.224 e. The number of benzene rings is 1. The summed E-state index contributed by atoms with van der Waals surface area (Å²) in [7, 11) is 0. The molecule has 122 valence electrons. The minimum Gasteiger partial charge on any atom is -0.349 e. The lowest BCUT2D eigenvalue weighted by Crippen LogP contribution is -2.28. The van der Waals surface area contributed by atoms with E-state index in [-0.39, 0.29) is 18.4 Å². The molecule has 6 heteroatoms. The number of hydrogen-bond donors (Lipinski definition) is 1. The van der Waals surface area contributed by atoms with E-state index in [1.54, 1.807) is 29.2 Å². The van der Waals surface area contributed by atoms with Crippen molar-refractivity contribution in [2.24, 2.45) is 0 Å². The van der Waals surface area contributed by atoms with Gasteiger partial charge in [-0.3, -0.25) is 4.79 Å². The lowest BCUT2D eigenvalue weighted by Gasteiger charge is -2.15. The molecule has 0 saturated carbocycles. The molecule has 0 fully saturated rings. The fourth-order valence-electron chi connectivity index (χ4n) is 2.43. The normalized spacial score (nSPS) is 11.9. The molecule has 0 aliphatic carbocycles. The minimum atomic E-state index is -0.103. The van der Waals surface area contributed by atoms with E-state index in [1.807, 2.05) is 43.5 Å². The zero-order chi connectivity index (χ0) is 16.9. The Labute approximate surface area is 145 Å². The summed E-state index contributed by atoms with van der Waals surface area (Å²) in [4.78, 5) is 16.2. The number of nitrogens with zero attached hydrogens (tertiary/aromatic N) is 3. The Morgan fingerprint density at radius 2 is 2.17 bits per heavy atom. The lowest BCUT2D eigenvalue weighted by atomic mass is 10.1. The minimum absolute atomic E-state index is 0.0592. The largest absolute Gasteiger partial charge is 0.349 e. The van der Waals surface area contributed by atoms with E-state index in [0.29, 0.717) is 5.15 Å². The number of nitrogens with one attached hydrogen (secondary N) is 1. The SMILES string of the molecule is C[C@H](NC(=O)Cc1ccc(Cl)nc1)c1cccc(-n2cccn2)c1. The molecule has 1 amide bonds. The van der Waals surface area contributed by atoms with Gasteiger partial charge in [0.2, 0.25) is 5.91 Å². The van der Waals surface area contributed by atoms with Crippen molar-refractivity contribution in [1.82, 2.24) is 20.1 Å². The molecule has 24 heavy (non-hydrogen) atoms. The van der Waals surface area contributed by atoms with E-state index in [0.717, 1.165) is 16.8 Å². The molecule has 5 nitrogen and oxygen atoms in total. The standard InChI is InChI=1S/C18H17ClN4O/c1-13(22-18(24)10-14-6-7-17(19)20-12-14)15-4-2-5-16(11-15)23-9-3-8-21-23/h2-9,11-13H,10H2,1H3,(H,22,24)/t13-/m0/s1. The van der Waals surface area contributed by atoms with Gasteiger partial charge in [0.1, 0.15) is 5.15 Å². The van der Waals surface area contributed by atoms with Gasteiger partial charge in [0.05, 0.1) is 18.2 Å². The van der Waals surface area contributed by atoms with Crippen LogP contribution in [0, 0.1) is 0 Å². The number of pyridine rings is 1. The van der Waals surface area contributed by atoms with E-state index < -0.39 is 0 Å². The molecule has 3 rings (SSSR count). The zero-order valence-corrected chi connectivity index (χ0v) is 13.9. The number of rotatable bonds is 5. The molecule has 1 N–H and O–H groups in total. The first-order chi connectivity index (χ1) is 11.6. The summed E-state index contributed by atoms with van der Waals surface area (Å²) in [5.74, 6) is -0.0592. The Bertz CT molecular complexity index is 815. The molecule has 3 aromatic rings. The third-order valence-electron chi connectivity index (χ3n) is 3.67. The average Bonchev–Trinajstić information content (AvgIpc) is 3.11. The maximum Gasteiger partial charge on any atom is 0.224 e. The van der Waals surface area contributed by atoms with Crippen molar-refractivity contribution in [1.29, 1.82) is 0 Å². The van der Waals surface area contributed by atoms with Crippen molar-refractivity contribution in [3.05, 3.63) is 77.3 Å². The van der Waals surface area contributed by atoms with Crippen molar-refractivity contribution >= 4 is 17.5 Å². The van der Waals surface area contributed by atoms with Crippen LogP contribution >= 0.6 is 11.6 Å². The van der Waals surface area contributed by atoms with E-state index in [4.69, 9.17) is 11.6 Å². The van der Waals surface area contributed by atoms with E-state index in [1.165, 1.54) is 0 Å². The molecular formula is C18H17ClN4O. The van der Waals surface area contributed by atoms with Crippen molar-refractivity contribution in [2.75, 3.05) is 0 Å². The molecule has 0 spiro atoms. The third kappa shape index (κ3) is 4.00. The molecule has 1 atom stereocenters. The second-order valence-corrected chi connectivity index (χ2v) is 5.89. The van der Waals surface area contributed by atoms with Gasteiger partial charge in [0.25, 0.3) is 0 Å². The summed E-state index contributed by atoms with van der Waals surface area (Å²) < 4.78 is 1.79. The summed E-state index contributed by atoms with van der Waals surface area (Å²) in [5.41, 5.74) is 2.81.